The summed E-state index contributed by atoms with van der Waals surface area (Å²) in [5, 5.41) is 24.1. The highest BCUT2D eigenvalue weighted by molar-refractivity contribution is 5.93. The first kappa shape index (κ1) is 23.1. The van der Waals surface area contributed by atoms with Crippen LogP contribution in [0.15, 0.2) is 42.5 Å². The first-order chi connectivity index (χ1) is 16.1. The van der Waals surface area contributed by atoms with E-state index in [4.69, 9.17) is 4.98 Å². The zero-order valence-electron chi connectivity index (χ0n) is 19.3. The second-order valence-electron chi connectivity index (χ2n) is 9.05. The van der Waals surface area contributed by atoms with E-state index in [1.807, 2.05) is 0 Å². The Morgan fingerprint density at radius 3 is 2.52 bits per heavy atom. The van der Waals surface area contributed by atoms with Crippen molar-refractivity contribution in [2.75, 3.05) is 11.9 Å². The highest BCUT2D eigenvalue weighted by atomic mass is 16.4. The fourth-order valence-electron chi connectivity index (χ4n) is 4.98. The van der Waals surface area contributed by atoms with Crippen LogP contribution >= 0.6 is 0 Å². The van der Waals surface area contributed by atoms with Crippen LogP contribution in [0.4, 0.5) is 5.69 Å². The Bertz CT molecular complexity index is 1110. The number of hydrogen-bond donors (Lipinski definition) is 3. The summed E-state index contributed by atoms with van der Waals surface area (Å²) in [5.41, 5.74) is 5.87. The van der Waals surface area contributed by atoms with Gasteiger partial charge in [0.2, 0.25) is 0 Å². The Balaban J connectivity index is 1.20. The highest BCUT2D eigenvalue weighted by Crippen LogP contribution is 2.33. The average molecular weight is 447 g/mol. The van der Waals surface area contributed by atoms with E-state index in [0.717, 1.165) is 56.1 Å². The molecule has 1 aliphatic carbocycles. The Hall–Kier alpha value is -3.08. The molecule has 33 heavy (non-hydrogen) atoms. The third-order valence-electron chi connectivity index (χ3n) is 6.69. The number of aromatic hydroxyl groups is 1. The Kier molecular flexibility index (Phi) is 7.82. The number of anilines is 1. The Morgan fingerprint density at radius 2 is 1.67 bits per heavy atom. The molecule has 0 unspecified atom stereocenters. The molecule has 0 atom stereocenters. The van der Waals surface area contributed by atoms with E-state index in [-0.39, 0.29) is 11.3 Å². The molecule has 5 heteroatoms. The fraction of sp³-hybridized carbons (Fsp3) is 0.429. The Labute approximate surface area is 195 Å². The quantitative estimate of drug-likeness (QED) is 0.292. The number of carbonyl (C=O) groups is 1. The van der Waals surface area contributed by atoms with E-state index in [9.17, 15) is 15.0 Å². The van der Waals surface area contributed by atoms with Gasteiger partial charge >= 0.3 is 5.97 Å². The van der Waals surface area contributed by atoms with Gasteiger partial charge in [0.25, 0.3) is 0 Å². The van der Waals surface area contributed by atoms with Crippen LogP contribution in [-0.4, -0.2) is 27.7 Å². The van der Waals surface area contributed by atoms with Gasteiger partial charge in [-0.1, -0.05) is 56.0 Å². The van der Waals surface area contributed by atoms with Crippen LogP contribution in [0.3, 0.4) is 0 Å². The first-order valence-electron chi connectivity index (χ1n) is 12.3. The molecule has 0 aliphatic heterocycles. The highest BCUT2D eigenvalue weighted by Gasteiger charge is 2.18. The molecule has 0 spiro atoms. The molecule has 0 saturated heterocycles. The third-order valence-corrected chi connectivity index (χ3v) is 6.69. The van der Waals surface area contributed by atoms with Crippen molar-refractivity contribution in [1.82, 2.24) is 4.98 Å². The number of carboxylic acid groups (broad SMARTS) is 1. The summed E-state index contributed by atoms with van der Waals surface area (Å²) in [7, 11) is 0. The van der Waals surface area contributed by atoms with Crippen molar-refractivity contribution in [3.63, 3.8) is 0 Å². The molecule has 0 saturated carbocycles. The number of carboxylic acids is 1. The van der Waals surface area contributed by atoms with Crippen molar-refractivity contribution in [2.24, 2.45) is 0 Å². The van der Waals surface area contributed by atoms with Crippen molar-refractivity contribution in [1.29, 1.82) is 0 Å². The summed E-state index contributed by atoms with van der Waals surface area (Å²) < 4.78 is 0. The van der Waals surface area contributed by atoms with Gasteiger partial charge in [-0.2, -0.15) is 0 Å². The lowest BCUT2D eigenvalue weighted by Crippen LogP contribution is -2.12. The van der Waals surface area contributed by atoms with Crippen LogP contribution in [0.2, 0.25) is 0 Å². The van der Waals surface area contributed by atoms with Gasteiger partial charge in [0.1, 0.15) is 11.3 Å². The number of phenols is 1. The normalized spacial score (nSPS) is 13.1. The number of aryl methyl sites for hydroxylation is 2. The molecule has 174 valence electrons. The maximum absolute atomic E-state index is 11.4. The number of pyridine rings is 1. The SMILES string of the molecule is O=C(O)c1c(O)cccc1CCCCCCCCNc1c2c(nc3ccccc13)CCCC2. The van der Waals surface area contributed by atoms with E-state index in [0.29, 0.717) is 6.42 Å². The fourth-order valence-corrected chi connectivity index (χ4v) is 4.98. The lowest BCUT2D eigenvalue weighted by atomic mass is 9.92. The largest absolute Gasteiger partial charge is 0.507 e. The van der Waals surface area contributed by atoms with Crippen LogP contribution in [0.1, 0.15) is 78.5 Å². The summed E-state index contributed by atoms with van der Waals surface area (Å²) >= 11 is 0. The minimum absolute atomic E-state index is 0.0504. The number of para-hydroxylation sites is 1. The predicted molar refractivity (Wildman–Crippen MR) is 133 cm³/mol. The van der Waals surface area contributed by atoms with Gasteiger partial charge < -0.3 is 15.5 Å². The zero-order chi connectivity index (χ0) is 23.0. The number of rotatable bonds is 11. The first-order valence-corrected chi connectivity index (χ1v) is 12.3. The summed E-state index contributed by atoms with van der Waals surface area (Å²) in [6, 6.07) is 13.4. The number of nitrogens with one attached hydrogen (secondary N) is 1. The van der Waals surface area contributed by atoms with Crippen LogP contribution in [0, 0.1) is 0 Å². The van der Waals surface area contributed by atoms with Gasteiger partial charge in [0, 0.05) is 23.3 Å². The monoisotopic (exact) mass is 446 g/mol. The number of fused-ring (bicyclic) bond motifs is 2. The van der Waals surface area contributed by atoms with Crippen LogP contribution < -0.4 is 5.32 Å². The van der Waals surface area contributed by atoms with E-state index in [1.54, 1.807) is 12.1 Å². The van der Waals surface area contributed by atoms with E-state index >= 15 is 0 Å². The van der Waals surface area contributed by atoms with Crippen molar-refractivity contribution >= 4 is 22.6 Å². The summed E-state index contributed by atoms with van der Waals surface area (Å²) in [6.07, 6.45) is 12.1. The van der Waals surface area contributed by atoms with Gasteiger partial charge in [-0.15, -0.1) is 0 Å². The molecular weight excluding hydrogens is 412 g/mol. The molecule has 1 aliphatic rings. The molecule has 4 rings (SSSR count). The zero-order valence-corrected chi connectivity index (χ0v) is 19.3. The van der Waals surface area contributed by atoms with Crippen molar-refractivity contribution in [2.45, 2.75) is 70.6 Å². The van der Waals surface area contributed by atoms with E-state index in [2.05, 4.69) is 29.6 Å². The maximum atomic E-state index is 11.4. The lowest BCUT2D eigenvalue weighted by molar-refractivity contribution is 0.0692. The second-order valence-corrected chi connectivity index (χ2v) is 9.05. The molecule has 0 fully saturated rings. The van der Waals surface area contributed by atoms with E-state index < -0.39 is 5.97 Å². The predicted octanol–water partition coefficient (Wildman–Crippen LogP) is 6.51. The number of aromatic carboxylic acids is 1. The molecule has 3 N–H and O–H groups in total. The maximum Gasteiger partial charge on any atom is 0.339 e. The number of benzene rings is 2. The Morgan fingerprint density at radius 1 is 0.909 bits per heavy atom. The number of aromatic nitrogens is 1. The van der Waals surface area contributed by atoms with Crippen molar-refractivity contribution in [3.05, 3.63) is 64.8 Å². The van der Waals surface area contributed by atoms with Gasteiger partial charge in [-0.05, 0) is 68.2 Å². The molecule has 0 amide bonds. The number of nitrogens with zero attached hydrogens (tertiary/aromatic N) is 1. The molecule has 3 aromatic rings. The van der Waals surface area contributed by atoms with Gasteiger partial charge in [0.05, 0.1) is 5.52 Å². The van der Waals surface area contributed by atoms with Gasteiger partial charge in [0.15, 0.2) is 0 Å². The van der Waals surface area contributed by atoms with Gasteiger partial charge in [-0.25, -0.2) is 4.79 Å². The average Bonchev–Trinajstić information content (AvgIpc) is 2.82. The van der Waals surface area contributed by atoms with Crippen molar-refractivity contribution < 1.29 is 15.0 Å². The molecule has 5 nitrogen and oxygen atoms in total. The van der Waals surface area contributed by atoms with Gasteiger partial charge in [-0.3, -0.25) is 4.98 Å². The topological polar surface area (TPSA) is 82.5 Å². The summed E-state index contributed by atoms with van der Waals surface area (Å²) in [5.74, 6) is -1.20. The minimum atomic E-state index is -1.06. The summed E-state index contributed by atoms with van der Waals surface area (Å²) in [6.45, 7) is 0.978. The number of hydrogen-bond acceptors (Lipinski definition) is 4. The molecule has 0 bridgehead atoms. The van der Waals surface area contributed by atoms with Crippen LogP contribution in [-0.2, 0) is 19.3 Å². The van der Waals surface area contributed by atoms with E-state index in [1.165, 1.54) is 54.1 Å². The molecule has 1 aromatic heterocycles. The molecule has 0 radical (unpaired) electrons. The van der Waals surface area contributed by atoms with Crippen LogP contribution in [0.25, 0.3) is 10.9 Å². The number of unbranched alkanes of at least 4 members (excludes halogenated alkanes) is 5. The second kappa shape index (κ2) is 11.2. The standard InChI is InChI=1S/C28H34N2O3/c31-25-18-11-13-20(26(25)28(32)33)12-5-3-1-2-4-10-19-29-27-21-14-6-8-16-23(21)30-24-17-9-7-15-22(24)27/h6,8,11,13-14,16,18,31H,1-5,7,9-10,12,15,17,19H2,(H,29,30)(H,32,33). The third kappa shape index (κ3) is 5.65. The van der Waals surface area contributed by atoms with Crippen molar-refractivity contribution in [3.8, 4) is 5.75 Å². The summed E-state index contributed by atoms with van der Waals surface area (Å²) in [4.78, 5) is 16.3. The molecule has 1 heterocycles. The minimum Gasteiger partial charge on any atom is -0.507 e. The molecule has 2 aromatic carbocycles. The lowest BCUT2D eigenvalue weighted by Gasteiger charge is -2.21. The smallest absolute Gasteiger partial charge is 0.339 e. The molecular formula is C28H34N2O3. The van der Waals surface area contributed by atoms with Crippen LogP contribution in [0.5, 0.6) is 5.75 Å².